The molecule has 2 heterocycles. The van der Waals surface area contributed by atoms with Crippen molar-refractivity contribution < 1.29 is 22.7 Å². The molecule has 1 aromatic carbocycles. The Morgan fingerprint density at radius 2 is 1.90 bits per heavy atom. The molecular formula is C19H24F3N5O2. The Hall–Kier alpha value is -2.49. The molecule has 1 aliphatic heterocycles. The summed E-state index contributed by atoms with van der Waals surface area (Å²) in [7, 11) is 0. The van der Waals surface area contributed by atoms with Crippen molar-refractivity contribution in [1.82, 2.24) is 25.1 Å². The molecule has 0 radical (unpaired) electrons. The number of esters is 1. The third kappa shape index (κ3) is 7.12. The summed E-state index contributed by atoms with van der Waals surface area (Å²) in [6.45, 7) is 0.595. The van der Waals surface area contributed by atoms with Crippen LogP contribution in [0, 0.1) is 5.92 Å². The lowest BCUT2D eigenvalue weighted by Crippen LogP contribution is -2.40. The smallest absolute Gasteiger partial charge is 0.401 e. The van der Waals surface area contributed by atoms with Gasteiger partial charge in [-0.05, 0) is 43.5 Å². The van der Waals surface area contributed by atoms with E-state index in [1.165, 1.54) is 9.70 Å². The van der Waals surface area contributed by atoms with Gasteiger partial charge in [-0.25, -0.2) is 0 Å². The summed E-state index contributed by atoms with van der Waals surface area (Å²) in [4.78, 5) is 14.8. The van der Waals surface area contributed by atoms with Crippen molar-refractivity contribution in [3.63, 3.8) is 0 Å². The van der Waals surface area contributed by atoms with Crippen LogP contribution in [0.25, 0.3) is 11.4 Å². The van der Waals surface area contributed by atoms with Gasteiger partial charge in [0.2, 0.25) is 5.82 Å². The molecule has 7 nitrogen and oxygen atoms in total. The highest BCUT2D eigenvalue weighted by Crippen LogP contribution is 2.22. The van der Waals surface area contributed by atoms with Crippen molar-refractivity contribution in [1.29, 1.82) is 0 Å². The van der Waals surface area contributed by atoms with E-state index >= 15 is 0 Å². The molecule has 1 aliphatic rings. The van der Waals surface area contributed by atoms with Gasteiger partial charge in [0.15, 0.2) is 0 Å². The van der Waals surface area contributed by atoms with Crippen molar-refractivity contribution in [3.05, 3.63) is 30.3 Å². The van der Waals surface area contributed by atoms with Crippen LogP contribution in [0.15, 0.2) is 30.3 Å². The average molecular weight is 411 g/mol. The van der Waals surface area contributed by atoms with Gasteiger partial charge < -0.3 is 4.74 Å². The zero-order chi connectivity index (χ0) is 20.7. The minimum absolute atomic E-state index is 0.119. The number of benzene rings is 1. The number of halogens is 3. The lowest BCUT2D eigenvalue weighted by Gasteiger charge is -2.31. The summed E-state index contributed by atoms with van der Waals surface area (Å²) >= 11 is 0. The van der Waals surface area contributed by atoms with E-state index in [2.05, 4.69) is 15.4 Å². The summed E-state index contributed by atoms with van der Waals surface area (Å²) < 4.78 is 42.5. The molecule has 0 unspecified atom stereocenters. The van der Waals surface area contributed by atoms with Gasteiger partial charge in [-0.3, -0.25) is 9.69 Å². The molecule has 158 valence electrons. The molecule has 1 aromatic heterocycles. The molecule has 2 aromatic rings. The number of carbonyl (C=O) groups excluding carboxylic acids is 1. The molecule has 29 heavy (non-hydrogen) atoms. The topological polar surface area (TPSA) is 73.1 Å². The summed E-state index contributed by atoms with van der Waals surface area (Å²) in [6, 6.07) is 9.49. The van der Waals surface area contributed by atoms with Gasteiger partial charge in [-0.2, -0.15) is 18.0 Å². The lowest BCUT2D eigenvalue weighted by atomic mass is 9.98. The van der Waals surface area contributed by atoms with Gasteiger partial charge in [-0.1, -0.05) is 30.3 Å². The fraction of sp³-hybridized carbons (Fsp3) is 0.579. The van der Waals surface area contributed by atoms with Crippen molar-refractivity contribution in [2.75, 3.05) is 26.2 Å². The summed E-state index contributed by atoms with van der Waals surface area (Å²) in [6.07, 6.45) is -2.20. The third-order valence-electron chi connectivity index (χ3n) is 4.81. The number of aromatic nitrogens is 4. The number of carbonyl (C=O) groups is 1. The van der Waals surface area contributed by atoms with Gasteiger partial charge in [0.25, 0.3) is 0 Å². The number of hydrogen-bond donors (Lipinski definition) is 0. The fourth-order valence-electron chi connectivity index (χ4n) is 3.25. The highest BCUT2D eigenvalue weighted by atomic mass is 19.4. The zero-order valence-corrected chi connectivity index (χ0v) is 16.0. The van der Waals surface area contributed by atoms with Crippen LogP contribution in [-0.4, -0.2) is 63.5 Å². The highest BCUT2D eigenvalue weighted by Gasteiger charge is 2.32. The molecule has 1 saturated heterocycles. The Balaban J connectivity index is 1.31. The van der Waals surface area contributed by atoms with Crippen LogP contribution in [0.2, 0.25) is 0 Å². The van der Waals surface area contributed by atoms with Gasteiger partial charge in [0.05, 0.1) is 19.7 Å². The number of ether oxygens (including phenoxy) is 1. The monoisotopic (exact) mass is 411 g/mol. The minimum atomic E-state index is -4.17. The van der Waals surface area contributed by atoms with E-state index in [-0.39, 0.29) is 24.9 Å². The lowest BCUT2D eigenvalue weighted by molar-refractivity contribution is -0.150. The fourth-order valence-corrected chi connectivity index (χ4v) is 3.25. The first kappa shape index (κ1) is 21.2. The van der Waals surface area contributed by atoms with E-state index in [1.54, 1.807) is 0 Å². The molecule has 0 amide bonds. The van der Waals surface area contributed by atoms with Gasteiger partial charge in [-0.15, -0.1) is 10.2 Å². The number of tetrazole rings is 1. The maximum Gasteiger partial charge on any atom is 0.401 e. The molecule has 0 N–H and O–H groups in total. The van der Waals surface area contributed by atoms with E-state index < -0.39 is 12.7 Å². The predicted molar refractivity (Wildman–Crippen MR) is 98.7 cm³/mol. The van der Waals surface area contributed by atoms with E-state index in [1.807, 2.05) is 30.3 Å². The van der Waals surface area contributed by atoms with E-state index in [9.17, 15) is 18.0 Å². The van der Waals surface area contributed by atoms with Crippen LogP contribution < -0.4 is 0 Å². The average Bonchev–Trinajstić information content (AvgIpc) is 3.16. The Kier molecular flexibility index (Phi) is 7.18. The largest absolute Gasteiger partial charge is 0.465 e. The maximum absolute atomic E-state index is 12.4. The van der Waals surface area contributed by atoms with Crippen LogP contribution in [0.1, 0.15) is 25.7 Å². The number of hydrogen-bond acceptors (Lipinski definition) is 6. The molecular weight excluding hydrogens is 387 g/mol. The number of nitrogens with zero attached hydrogens (tertiary/aromatic N) is 5. The first-order valence-electron chi connectivity index (χ1n) is 9.67. The Morgan fingerprint density at radius 3 is 2.59 bits per heavy atom. The molecule has 0 atom stereocenters. The van der Waals surface area contributed by atoms with Crippen molar-refractivity contribution >= 4 is 5.97 Å². The SMILES string of the molecule is O=C(CCCn1nnc(-c2ccccc2)n1)OCC1CCN(CC(F)(F)F)CC1. The second-order valence-electron chi connectivity index (χ2n) is 7.20. The summed E-state index contributed by atoms with van der Waals surface area (Å²) in [5.41, 5.74) is 0.874. The van der Waals surface area contributed by atoms with E-state index in [0.29, 0.717) is 44.7 Å². The van der Waals surface area contributed by atoms with E-state index in [0.717, 1.165) is 5.56 Å². The minimum Gasteiger partial charge on any atom is -0.465 e. The van der Waals surface area contributed by atoms with Gasteiger partial charge in [0, 0.05) is 12.0 Å². The highest BCUT2D eigenvalue weighted by molar-refractivity contribution is 5.69. The normalized spacial score (nSPS) is 16.1. The molecule has 0 aliphatic carbocycles. The first-order valence-corrected chi connectivity index (χ1v) is 9.67. The van der Waals surface area contributed by atoms with Crippen molar-refractivity contribution in [2.45, 2.75) is 38.4 Å². The van der Waals surface area contributed by atoms with Crippen LogP contribution in [0.4, 0.5) is 13.2 Å². The second-order valence-corrected chi connectivity index (χ2v) is 7.20. The van der Waals surface area contributed by atoms with Gasteiger partial charge in [0.1, 0.15) is 0 Å². The molecule has 0 saturated carbocycles. The van der Waals surface area contributed by atoms with Crippen LogP contribution >= 0.6 is 0 Å². The number of rotatable bonds is 8. The van der Waals surface area contributed by atoms with Gasteiger partial charge >= 0.3 is 12.1 Å². The number of likely N-dealkylation sites (tertiary alicyclic amines) is 1. The molecule has 1 fully saturated rings. The van der Waals surface area contributed by atoms with Crippen molar-refractivity contribution in [3.8, 4) is 11.4 Å². The molecule has 10 heteroatoms. The Morgan fingerprint density at radius 1 is 1.17 bits per heavy atom. The Bertz CT molecular complexity index is 774. The van der Waals surface area contributed by atoms with Crippen molar-refractivity contribution in [2.24, 2.45) is 5.92 Å². The Labute approximate surface area is 166 Å². The molecule has 3 rings (SSSR count). The quantitative estimate of drug-likeness (QED) is 0.622. The van der Waals surface area contributed by atoms with E-state index in [4.69, 9.17) is 4.74 Å². The first-order chi connectivity index (χ1) is 13.9. The molecule has 0 spiro atoms. The molecule has 0 bridgehead atoms. The summed E-state index contributed by atoms with van der Waals surface area (Å²) in [5.74, 6) is 0.338. The standard InChI is InChI=1S/C19H24F3N5O2/c20-19(21,22)14-26-11-8-15(9-12-26)13-29-17(28)7-4-10-27-24-18(23-25-27)16-5-2-1-3-6-16/h1-3,5-6,15H,4,7-14H2. The number of alkyl halides is 3. The number of aryl methyl sites for hydroxylation is 1. The van der Waals surface area contributed by atoms with Crippen LogP contribution in [0.3, 0.4) is 0 Å². The zero-order valence-electron chi connectivity index (χ0n) is 16.0. The second kappa shape index (κ2) is 9.82. The van der Waals surface area contributed by atoms with Crippen LogP contribution in [0.5, 0.6) is 0 Å². The van der Waals surface area contributed by atoms with Crippen LogP contribution in [-0.2, 0) is 16.1 Å². The third-order valence-corrected chi connectivity index (χ3v) is 4.81. The predicted octanol–water partition coefficient (Wildman–Crippen LogP) is 2.94. The number of piperidine rings is 1. The summed E-state index contributed by atoms with van der Waals surface area (Å²) in [5, 5.41) is 12.3. The maximum atomic E-state index is 12.4.